The number of nitrogens with zero attached hydrogens (tertiary/aromatic N) is 2. The first-order valence-electron chi connectivity index (χ1n) is 8.60. The van der Waals surface area contributed by atoms with Crippen LogP contribution in [0.1, 0.15) is 47.4 Å². The Morgan fingerprint density at radius 2 is 2.16 bits per heavy atom. The molecule has 2 unspecified atom stereocenters. The second-order valence-corrected chi connectivity index (χ2v) is 6.38. The van der Waals surface area contributed by atoms with Crippen LogP contribution in [0.5, 0.6) is 5.75 Å². The molecule has 2 aliphatic rings. The molecular formula is C18H23ClN4O2. The summed E-state index contributed by atoms with van der Waals surface area (Å²) in [6.45, 7) is 2.59. The summed E-state index contributed by atoms with van der Waals surface area (Å²) in [5.41, 5.74) is 1.51. The van der Waals surface area contributed by atoms with Crippen LogP contribution >= 0.6 is 12.4 Å². The molecule has 6 nitrogen and oxygen atoms in total. The van der Waals surface area contributed by atoms with Crippen LogP contribution in [0.3, 0.4) is 0 Å². The van der Waals surface area contributed by atoms with Gasteiger partial charge in [-0.25, -0.2) is 0 Å². The summed E-state index contributed by atoms with van der Waals surface area (Å²) in [4.78, 5) is 12.6. The highest BCUT2D eigenvalue weighted by Gasteiger charge is 2.24. The van der Waals surface area contributed by atoms with E-state index in [-0.39, 0.29) is 24.4 Å². The van der Waals surface area contributed by atoms with Gasteiger partial charge in [-0.05, 0) is 31.5 Å². The fourth-order valence-electron chi connectivity index (χ4n) is 3.45. The maximum atomic E-state index is 12.6. The van der Waals surface area contributed by atoms with Crippen molar-refractivity contribution in [3.8, 4) is 5.75 Å². The van der Waals surface area contributed by atoms with Crippen molar-refractivity contribution in [2.24, 2.45) is 0 Å². The second-order valence-electron chi connectivity index (χ2n) is 6.38. The number of halogens is 1. The molecule has 2 aromatic rings. The van der Waals surface area contributed by atoms with Gasteiger partial charge in [-0.15, -0.1) is 12.4 Å². The van der Waals surface area contributed by atoms with Gasteiger partial charge >= 0.3 is 0 Å². The quantitative estimate of drug-likeness (QED) is 0.880. The minimum atomic E-state index is -0.126. The topological polar surface area (TPSA) is 68.2 Å². The molecule has 0 spiro atoms. The van der Waals surface area contributed by atoms with E-state index < -0.39 is 0 Å². The minimum Gasteiger partial charge on any atom is -0.493 e. The highest BCUT2D eigenvalue weighted by atomic mass is 35.5. The SMILES string of the molecule is Cl.O=C(NC1CCOc2ccccc21)c1ccn(C2CCCNC2)n1. The number of benzene rings is 1. The van der Waals surface area contributed by atoms with Gasteiger partial charge in [-0.2, -0.15) is 5.10 Å². The van der Waals surface area contributed by atoms with Crippen molar-refractivity contribution in [3.63, 3.8) is 0 Å². The molecule has 2 N–H and O–H groups in total. The number of rotatable bonds is 3. The van der Waals surface area contributed by atoms with Crippen LogP contribution in [0.15, 0.2) is 36.5 Å². The molecule has 2 atom stereocenters. The van der Waals surface area contributed by atoms with Gasteiger partial charge in [0.2, 0.25) is 0 Å². The number of amides is 1. The van der Waals surface area contributed by atoms with E-state index >= 15 is 0 Å². The molecule has 134 valence electrons. The lowest BCUT2D eigenvalue weighted by Crippen LogP contribution is -2.33. The van der Waals surface area contributed by atoms with Crippen LogP contribution in [-0.4, -0.2) is 35.4 Å². The number of aromatic nitrogens is 2. The van der Waals surface area contributed by atoms with E-state index in [1.54, 1.807) is 6.07 Å². The molecule has 0 bridgehead atoms. The van der Waals surface area contributed by atoms with Crippen LogP contribution < -0.4 is 15.4 Å². The number of hydrogen-bond acceptors (Lipinski definition) is 4. The monoisotopic (exact) mass is 362 g/mol. The van der Waals surface area contributed by atoms with E-state index in [1.165, 1.54) is 0 Å². The Labute approximate surface area is 153 Å². The summed E-state index contributed by atoms with van der Waals surface area (Å²) < 4.78 is 7.56. The highest BCUT2D eigenvalue weighted by Crippen LogP contribution is 2.31. The largest absolute Gasteiger partial charge is 0.493 e. The van der Waals surface area contributed by atoms with Crippen molar-refractivity contribution >= 4 is 18.3 Å². The van der Waals surface area contributed by atoms with E-state index in [4.69, 9.17) is 4.74 Å². The number of carbonyl (C=O) groups excluding carboxylic acids is 1. The third-order valence-electron chi connectivity index (χ3n) is 4.75. The summed E-state index contributed by atoms with van der Waals surface area (Å²) in [6.07, 6.45) is 4.93. The molecule has 0 aliphatic carbocycles. The zero-order valence-electron chi connectivity index (χ0n) is 14.0. The molecule has 0 saturated carbocycles. The van der Waals surface area contributed by atoms with Crippen LogP contribution in [-0.2, 0) is 0 Å². The van der Waals surface area contributed by atoms with Gasteiger partial charge in [0.25, 0.3) is 5.91 Å². The fourth-order valence-corrected chi connectivity index (χ4v) is 3.45. The Balaban J connectivity index is 0.00000182. The predicted molar refractivity (Wildman–Crippen MR) is 97.4 cm³/mol. The van der Waals surface area contributed by atoms with Crippen LogP contribution in [0, 0.1) is 0 Å². The number of ether oxygens (including phenoxy) is 1. The van der Waals surface area contributed by atoms with Gasteiger partial charge in [-0.3, -0.25) is 9.48 Å². The van der Waals surface area contributed by atoms with Gasteiger partial charge in [0.1, 0.15) is 11.4 Å². The molecule has 7 heteroatoms. The number of carbonyl (C=O) groups is 1. The van der Waals surface area contributed by atoms with Crippen LogP contribution in [0.4, 0.5) is 0 Å². The van der Waals surface area contributed by atoms with E-state index in [2.05, 4.69) is 15.7 Å². The molecule has 4 rings (SSSR count). The molecule has 1 saturated heterocycles. The van der Waals surface area contributed by atoms with Gasteiger partial charge in [0.05, 0.1) is 18.7 Å². The molecular weight excluding hydrogens is 340 g/mol. The van der Waals surface area contributed by atoms with Crippen molar-refractivity contribution in [1.29, 1.82) is 0 Å². The molecule has 2 aliphatic heterocycles. The Kier molecular flexibility index (Phi) is 5.60. The fraction of sp³-hybridized carbons (Fsp3) is 0.444. The van der Waals surface area contributed by atoms with Crippen molar-refractivity contribution in [2.75, 3.05) is 19.7 Å². The standard InChI is InChI=1S/C18H22N4O2.ClH/c23-18(16-7-10-22(21-16)13-4-3-9-19-12-13)20-15-8-11-24-17-6-2-1-5-14(15)17;/h1-2,5-7,10,13,15,19H,3-4,8-9,11-12H2,(H,20,23);1H. The third-order valence-corrected chi connectivity index (χ3v) is 4.75. The maximum absolute atomic E-state index is 12.6. The van der Waals surface area contributed by atoms with Gasteiger partial charge < -0.3 is 15.4 Å². The van der Waals surface area contributed by atoms with E-state index in [0.29, 0.717) is 18.3 Å². The maximum Gasteiger partial charge on any atom is 0.272 e. The molecule has 1 aromatic heterocycles. The van der Waals surface area contributed by atoms with Crippen molar-refractivity contribution < 1.29 is 9.53 Å². The lowest BCUT2D eigenvalue weighted by Gasteiger charge is -2.26. The van der Waals surface area contributed by atoms with E-state index in [1.807, 2.05) is 35.1 Å². The van der Waals surface area contributed by atoms with Crippen molar-refractivity contribution in [3.05, 3.63) is 47.8 Å². The number of fused-ring (bicyclic) bond motifs is 1. The van der Waals surface area contributed by atoms with Gasteiger partial charge in [0.15, 0.2) is 0 Å². The summed E-state index contributed by atoms with van der Waals surface area (Å²) in [5.74, 6) is 0.729. The summed E-state index contributed by atoms with van der Waals surface area (Å²) in [6, 6.07) is 9.98. The summed E-state index contributed by atoms with van der Waals surface area (Å²) >= 11 is 0. The lowest BCUT2D eigenvalue weighted by molar-refractivity contribution is 0.0918. The molecule has 3 heterocycles. The molecule has 25 heavy (non-hydrogen) atoms. The third kappa shape index (κ3) is 3.80. The minimum absolute atomic E-state index is 0. The highest BCUT2D eigenvalue weighted by molar-refractivity contribution is 5.92. The number of nitrogens with one attached hydrogen (secondary N) is 2. The Morgan fingerprint density at radius 3 is 3.00 bits per heavy atom. The number of hydrogen-bond donors (Lipinski definition) is 2. The van der Waals surface area contributed by atoms with Crippen molar-refractivity contribution in [2.45, 2.75) is 31.3 Å². The first kappa shape index (κ1) is 17.8. The Morgan fingerprint density at radius 1 is 1.28 bits per heavy atom. The zero-order valence-corrected chi connectivity index (χ0v) is 14.8. The van der Waals surface area contributed by atoms with Crippen molar-refractivity contribution in [1.82, 2.24) is 20.4 Å². The van der Waals surface area contributed by atoms with Gasteiger partial charge in [0, 0.05) is 24.7 Å². The van der Waals surface area contributed by atoms with E-state index in [9.17, 15) is 4.79 Å². The average Bonchev–Trinajstić information content (AvgIpc) is 3.13. The molecule has 1 amide bonds. The first-order chi connectivity index (χ1) is 11.8. The summed E-state index contributed by atoms with van der Waals surface area (Å²) in [7, 11) is 0. The second kappa shape index (κ2) is 7.89. The van der Waals surface area contributed by atoms with E-state index in [0.717, 1.165) is 43.7 Å². The first-order valence-corrected chi connectivity index (χ1v) is 8.60. The smallest absolute Gasteiger partial charge is 0.272 e. The number of para-hydroxylation sites is 1. The normalized spacial score (nSPS) is 22.2. The average molecular weight is 363 g/mol. The predicted octanol–water partition coefficient (Wildman–Crippen LogP) is 2.48. The molecule has 0 radical (unpaired) electrons. The molecule has 1 aromatic carbocycles. The van der Waals surface area contributed by atoms with Crippen LogP contribution in [0.2, 0.25) is 0 Å². The zero-order chi connectivity index (χ0) is 16.4. The Bertz CT molecular complexity index is 727. The molecule has 1 fully saturated rings. The van der Waals surface area contributed by atoms with Crippen LogP contribution in [0.25, 0.3) is 0 Å². The number of piperidine rings is 1. The Hall–Kier alpha value is -2.05. The lowest BCUT2D eigenvalue weighted by atomic mass is 10.0. The summed E-state index contributed by atoms with van der Waals surface area (Å²) in [5, 5.41) is 11.0. The van der Waals surface area contributed by atoms with Gasteiger partial charge in [-0.1, -0.05) is 18.2 Å².